The molecule has 1 amide bonds. The first-order valence-corrected chi connectivity index (χ1v) is 6.32. The SMILES string of the molecule is NC1CCCC(NC(=O)c2cccnc2C(=O)O)C1. The van der Waals surface area contributed by atoms with E-state index in [1.807, 2.05) is 0 Å². The summed E-state index contributed by atoms with van der Waals surface area (Å²) in [6.07, 6.45) is 4.91. The number of nitrogens with one attached hydrogen (secondary N) is 1. The number of hydrogen-bond acceptors (Lipinski definition) is 4. The van der Waals surface area contributed by atoms with Gasteiger partial charge in [0, 0.05) is 18.3 Å². The van der Waals surface area contributed by atoms with Gasteiger partial charge < -0.3 is 16.2 Å². The van der Waals surface area contributed by atoms with Crippen molar-refractivity contribution in [3.63, 3.8) is 0 Å². The van der Waals surface area contributed by atoms with Crippen LogP contribution in [-0.4, -0.2) is 34.1 Å². The molecule has 4 N–H and O–H groups in total. The van der Waals surface area contributed by atoms with Crippen molar-refractivity contribution < 1.29 is 14.7 Å². The third-order valence-electron chi connectivity index (χ3n) is 3.30. The second-order valence-corrected chi connectivity index (χ2v) is 4.80. The van der Waals surface area contributed by atoms with E-state index < -0.39 is 11.9 Å². The van der Waals surface area contributed by atoms with E-state index in [2.05, 4.69) is 10.3 Å². The highest BCUT2D eigenvalue weighted by Crippen LogP contribution is 2.17. The predicted molar refractivity (Wildman–Crippen MR) is 68.9 cm³/mol. The molecule has 1 fully saturated rings. The molecule has 0 radical (unpaired) electrons. The lowest BCUT2D eigenvalue weighted by molar-refractivity contribution is 0.0683. The van der Waals surface area contributed by atoms with E-state index >= 15 is 0 Å². The Bertz CT molecular complexity index is 490. The van der Waals surface area contributed by atoms with E-state index in [9.17, 15) is 9.59 Å². The molecule has 102 valence electrons. The summed E-state index contributed by atoms with van der Waals surface area (Å²) in [5.41, 5.74) is 5.73. The van der Waals surface area contributed by atoms with E-state index in [0.29, 0.717) is 0 Å². The number of aromatic carboxylic acids is 1. The van der Waals surface area contributed by atoms with Crippen LogP contribution in [0, 0.1) is 0 Å². The van der Waals surface area contributed by atoms with E-state index in [-0.39, 0.29) is 23.3 Å². The van der Waals surface area contributed by atoms with Crippen molar-refractivity contribution in [2.24, 2.45) is 5.73 Å². The van der Waals surface area contributed by atoms with Gasteiger partial charge in [-0.15, -0.1) is 0 Å². The molecule has 1 heterocycles. The van der Waals surface area contributed by atoms with Crippen molar-refractivity contribution in [1.82, 2.24) is 10.3 Å². The third-order valence-corrected chi connectivity index (χ3v) is 3.30. The van der Waals surface area contributed by atoms with Crippen molar-refractivity contribution in [3.05, 3.63) is 29.6 Å². The third kappa shape index (κ3) is 3.29. The van der Waals surface area contributed by atoms with Crippen LogP contribution in [0.1, 0.15) is 46.5 Å². The lowest BCUT2D eigenvalue weighted by Crippen LogP contribution is -2.42. The topological polar surface area (TPSA) is 105 Å². The maximum absolute atomic E-state index is 12.1. The lowest BCUT2D eigenvalue weighted by Gasteiger charge is -2.27. The molecule has 2 unspecified atom stereocenters. The van der Waals surface area contributed by atoms with Crippen LogP contribution in [-0.2, 0) is 0 Å². The summed E-state index contributed by atoms with van der Waals surface area (Å²) >= 11 is 0. The minimum Gasteiger partial charge on any atom is -0.476 e. The van der Waals surface area contributed by atoms with Gasteiger partial charge in [0.05, 0.1) is 5.56 Å². The molecule has 0 saturated heterocycles. The number of nitrogens with zero attached hydrogens (tertiary/aromatic N) is 1. The van der Waals surface area contributed by atoms with E-state index in [4.69, 9.17) is 10.8 Å². The van der Waals surface area contributed by atoms with Gasteiger partial charge in [-0.2, -0.15) is 0 Å². The summed E-state index contributed by atoms with van der Waals surface area (Å²) in [6.45, 7) is 0. The molecule has 19 heavy (non-hydrogen) atoms. The number of aromatic nitrogens is 1. The van der Waals surface area contributed by atoms with Gasteiger partial charge in [-0.05, 0) is 37.8 Å². The van der Waals surface area contributed by atoms with Gasteiger partial charge in [-0.25, -0.2) is 9.78 Å². The van der Waals surface area contributed by atoms with Crippen molar-refractivity contribution in [1.29, 1.82) is 0 Å². The quantitative estimate of drug-likeness (QED) is 0.747. The summed E-state index contributed by atoms with van der Waals surface area (Å²) < 4.78 is 0. The van der Waals surface area contributed by atoms with Gasteiger partial charge in [0.25, 0.3) is 5.91 Å². The Morgan fingerprint density at radius 3 is 2.89 bits per heavy atom. The average Bonchev–Trinajstić information content (AvgIpc) is 2.38. The highest BCUT2D eigenvalue weighted by molar-refractivity contribution is 6.03. The molecular formula is C13H17N3O3. The van der Waals surface area contributed by atoms with Gasteiger partial charge in [-0.1, -0.05) is 0 Å². The number of pyridine rings is 1. The normalized spacial score (nSPS) is 22.8. The number of carbonyl (C=O) groups excluding carboxylic acids is 1. The Hall–Kier alpha value is -1.95. The highest BCUT2D eigenvalue weighted by Gasteiger charge is 2.23. The summed E-state index contributed by atoms with van der Waals surface area (Å²) in [5, 5.41) is 11.8. The largest absolute Gasteiger partial charge is 0.476 e. The van der Waals surface area contributed by atoms with Gasteiger partial charge in [0.2, 0.25) is 0 Å². The van der Waals surface area contributed by atoms with Crippen molar-refractivity contribution >= 4 is 11.9 Å². The fraction of sp³-hybridized carbons (Fsp3) is 0.462. The van der Waals surface area contributed by atoms with Gasteiger partial charge in [0.15, 0.2) is 5.69 Å². The maximum atomic E-state index is 12.1. The van der Waals surface area contributed by atoms with E-state index in [0.717, 1.165) is 25.7 Å². The summed E-state index contributed by atoms with van der Waals surface area (Å²) in [7, 11) is 0. The maximum Gasteiger partial charge on any atom is 0.355 e. The second kappa shape index (κ2) is 5.79. The first kappa shape index (κ1) is 13.5. The first-order valence-electron chi connectivity index (χ1n) is 6.32. The zero-order valence-electron chi connectivity index (χ0n) is 10.5. The van der Waals surface area contributed by atoms with Gasteiger partial charge >= 0.3 is 5.97 Å². The number of carboxylic acids is 1. The summed E-state index contributed by atoms with van der Waals surface area (Å²) in [6, 6.07) is 3.13. The molecule has 6 nitrogen and oxygen atoms in total. The Morgan fingerprint density at radius 1 is 1.42 bits per heavy atom. The Kier molecular flexibility index (Phi) is 4.11. The van der Waals surface area contributed by atoms with Crippen molar-refractivity contribution in [2.45, 2.75) is 37.8 Å². The van der Waals surface area contributed by atoms with Crippen LogP contribution in [0.25, 0.3) is 0 Å². The molecule has 2 atom stereocenters. The molecule has 0 spiro atoms. The number of amides is 1. The van der Waals surface area contributed by atoms with Crippen LogP contribution < -0.4 is 11.1 Å². The number of carbonyl (C=O) groups is 2. The average molecular weight is 263 g/mol. The molecule has 1 saturated carbocycles. The van der Waals surface area contributed by atoms with Crippen molar-refractivity contribution in [2.75, 3.05) is 0 Å². The number of nitrogens with two attached hydrogens (primary N) is 1. The number of rotatable bonds is 3. The van der Waals surface area contributed by atoms with Crippen LogP contribution in [0.2, 0.25) is 0 Å². The molecule has 2 rings (SSSR count). The first-order chi connectivity index (χ1) is 9.08. The highest BCUT2D eigenvalue weighted by atomic mass is 16.4. The zero-order valence-corrected chi connectivity index (χ0v) is 10.5. The molecule has 1 aromatic rings. The number of carboxylic acid groups (broad SMARTS) is 1. The fourth-order valence-corrected chi connectivity index (χ4v) is 2.38. The molecular weight excluding hydrogens is 246 g/mol. The Balaban J connectivity index is 2.09. The predicted octanol–water partition coefficient (Wildman–Crippen LogP) is 0.779. The van der Waals surface area contributed by atoms with Crippen LogP contribution in [0.15, 0.2) is 18.3 Å². The molecule has 0 bridgehead atoms. The molecule has 1 aliphatic rings. The van der Waals surface area contributed by atoms with Gasteiger partial charge in [-0.3, -0.25) is 4.79 Å². The fourth-order valence-electron chi connectivity index (χ4n) is 2.38. The minimum absolute atomic E-state index is 0.0121. The minimum atomic E-state index is -1.20. The lowest BCUT2D eigenvalue weighted by atomic mass is 9.91. The molecule has 0 aromatic carbocycles. The number of hydrogen-bond donors (Lipinski definition) is 3. The van der Waals surface area contributed by atoms with Gasteiger partial charge in [0.1, 0.15) is 0 Å². The molecule has 6 heteroatoms. The molecule has 1 aromatic heterocycles. The van der Waals surface area contributed by atoms with Crippen LogP contribution in [0.5, 0.6) is 0 Å². The Morgan fingerprint density at radius 2 is 2.21 bits per heavy atom. The molecule has 0 aliphatic heterocycles. The van der Waals surface area contributed by atoms with Crippen LogP contribution >= 0.6 is 0 Å². The smallest absolute Gasteiger partial charge is 0.355 e. The van der Waals surface area contributed by atoms with E-state index in [1.165, 1.54) is 12.3 Å². The second-order valence-electron chi connectivity index (χ2n) is 4.80. The van der Waals surface area contributed by atoms with E-state index in [1.54, 1.807) is 6.07 Å². The zero-order chi connectivity index (χ0) is 13.8. The summed E-state index contributed by atoms with van der Waals surface area (Å²) in [4.78, 5) is 26.8. The molecule has 1 aliphatic carbocycles. The van der Waals surface area contributed by atoms with Crippen LogP contribution in [0.3, 0.4) is 0 Å². The van der Waals surface area contributed by atoms with Crippen molar-refractivity contribution in [3.8, 4) is 0 Å². The Labute approximate surface area is 111 Å². The monoisotopic (exact) mass is 263 g/mol. The standard InChI is InChI=1S/C13H17N3O3/c14-8-3-1-4-9(7-8)16-12(17)10-5-2-6-15-11(10)13(18)19/h2,5-6,8-9H,1,3-4,7,14H2,(H,16,17)(H,18,19). The summed E-state index contributed by atoms with van der Waals surface area (Å²) in [5.74, 6) is -1.60. The van der Waals surface area contributed by atoms with Crippen LogP contribution in [0.4, 0.5) is 0 Å².